The summed E-state index contributed by atoms with van der Waals surface area (Å²) in [5.74, 6) is 0. The van der Waals surface area contributed by atoms with Crippen molar-refractivity contribution in [2.75, 3.05) is 0 Å². The zero-order chi connectivity index (χ0) is 8.67. The van der Waals surface area contributed by atoms with Gasteiger partial charge in [-0.1, -0.05) is 0 Å². The van der Waals surface area contributed by atoms with Crippen molar-refractivity contribution >= 4 is 22.1 Å². The summed E-state index contributed by atoms with van der Waals surface area (Å²) in [5.41, 5.74) is 2.50. The lowest BCUT2D eigenvalue weighted by molar-refractivity contribution is 0.666. The highest BCUT2D eigenvalue weighted by molar-refractivity contribution is 6.01. The Labute approximate surface area is 74.0 Å². The molecule has 3 heterocycles. The van der Waals surface area contributed by atoms with Crippen LogP contribution >= 0.6 is 0 Å². The number of hydrogen-bond donors (Lipinski definition) is 0. The van der Waals surface area contributed by atoms with Gasteiger partial charge in [-0.15, -0.1) is 0 Å². The minimum absolute atomic E-state index is 0.788. The van der Waals surface area contributed by atoms with Crippen LogP contribution in [0.1, 0.15) is 0 Å². The summed E-state index contributed by atoms with van der Waals surface area (Å²) >= 11 is 0. The first-order valence-corrected chi connectivity index (χ1v) is 4.02. The first kappa shape index (κ1) is 6.60. The molecule has 0 aliphatic carbocycles. The van der Waals surface area contributed by atoms with E-state index < -0.39 is 0 Å². The molecule has 0 aliphatic rings. The summed E-state index contributed by atoms with van der Waals surface area (Å²) in [5, 5.41) is 1.02. The third kappa shape index (κ3) is 0.839. The average molecular weight is 170 g/mol. The Balaban J connectivity index is 2.64. The van der Waals surface area contributed by atoms with Gasteiger partial charge in [0.2, 0.25) is 0 Å². The molecule has 0 unspecified atom stereocenters. The molecule has 3 rings (SSSR count). The molecule has 0 aliphatic heterocycles. The zero-order valence-corrected chi connectivity index (χ0v) is 6.77. The topological polar surface area (TPSA) is 38.9 Å². The number of aromatic nitrogens is 2. The van der Waals surface area contributed by atoms with Crippen LogP contribution in [-0.2, 0) is 0 Å². The van der Waals surface area contributed by atoms with Crippen molar-refractivity contribution in [2.45, 2.75) is 0 Å². The second-order valence-corrected chi connectivity index (χ2v) is 2.82. The molecule has 0 radical (unpaired) electrons. The van der Waals surface area contributed by atoms with Gasteiger partial charge in [-0.3, -0.25) is 9.97 Å². The molecule has 0 spiro atoms. The van der Waals surface area contributed by atoms with Crippen molar-refractivity contribution in [3.63, 3.8) is 0 Å². The molecule has 0 saturated heterocycles. The standard InChI is InChI=1S/C10H6N2O/c1-2-8-10(12-4-1)7-3-5-11-6-9(7)13-8/h1-6H. The molecule has 3 nitrogen and oxygen atoms in total. The molecule has 0 amide bonds. The van der Waals surface area contributed by atoms with Crippen LogP contribution in [0.25, 0.3) is 22.1 Å². The summed E-state index contributed by atoms with van der Waals surface area (Å²) < 4.78 is 5.53. The lowest BCUT2D eigenvalue weighted by Crippen LogP contribution is -1.71. The van der Waals surface area contributed by atoms with Crippen LogP contribution in [0.15, 0.2) is 41.2 Å². The molecule has 0 fully saturated rings. The van der Waals surface area contributed by atoms with E-state index >= 15 is 0 Å². The number of rotatable bonds is 0. The molecule has 13 heavy (non-hydrogen) atoms. The normalized spacial score (nSPS) is 11.1. The maximum atomic E-state index is 5.53. The van der Waals surface area contributed by atoms with Crippen LogP contribution < -0.4 is 0 Å². The van der Waals surface area contributed by atoms with Gasteiger partial charge in [0.1, 0.15) is 5.52 Å². The van der Waals surface area contributed by atoms with Gasteiger partial charge in [-0.2, -0.15) is 0 Å². The van der Waals surface area contributed by atoms with Crippen molar-refractivity contribution in [1.82, 2.24) is 9.97 Å². The van der Waals surface area contributed by atoms with Crippen LogP contribution in [0.3, 0.4) is 0 Å². The molecule has 0 atom stereocenters. The van der Waals surface area contributed by atoms with Crippen LogP contribution in [0.5, 0.6) is 0 Å². The predicted octanol–water partition coefficient (Wildman–Crippen LogP) is 2.38. The van der Waals surface area contributed by atoms with E-state index in [1.165, 1.54) is 0 Å². The quantitative estimate of drug-likeness (QED) is 0.520. The second-order valence-electron chi connectivity index (χ2n) is 2.82. The molecule has 0 bridgehead atoms. The summed E-state index contributed by atoms with van der Waals surface area (Å²) in [7, 11) is 0. The van der Waals surface area contributed by atoms with Gasteiger partial charge in [-0.05, 0) is 18.2 Å². The number of furan rings is 1. The fraction of sp³-hybridized carbons (Fsp3) is 0. The van der Waals surface area contributed by atoms with Crippen molar-refractivity contribution in [3.8, 4) is 0 Å². The monoisotopic (exact) mass is 170 g/mol. The Morgan fingerprint density at radius 1 is 1.08 bits per heavy atom. The maximum absolute atomic E-state index is 5.53. The van der Waals surface area contributed by atoms with Gasteiger partial charge in [0, 0.05) is 17.8 Å². The van der Waals surface area contributed by atoms with Crippen molar-refractivity contribution < 1.29 is 4.42 Å². The van der Waals surface area contributed by atoms with Gasteiger partial charge in [0.05, 0.1) is 6.20 Å². The molecule has 3 heteroatoms. The minimum atomic E-state index is 0.788. The Morgan fingerprint density at radius 3 is 3.08 bits per heavy atom. The highest BCUT2D eigenvalue weighted by atomic mass is 16.3. The fourth-order valence-corrected chi connectivity index (χ4v) is 1.45. The highest BCUT2D eigenvalue weighted by Gasteiger charge is 2.05. The van der Waals surface area contributed by atoms with Gasteiger partial charge in [0.25, 0.3) is 0 Å². The molecule has 0 aromatic carbocycles. The second kappa shape index (κ2) is 2.29. The van der Waals surface area contributed by atoms with E-state index in [4.69, 9.17) is 4.42 Å². The Kier molecular flexibility index (Phi) is 1.16. The lowest BCUT2D eigenvalue weighted by Gasteiger charge is -1.84. The van der Waals surface area contributed by atoms with Crippen molar-refractivity contribution in [3.05, 3.63) is 36.8 Å². The molecule has 3 aromatic rings. The van der Waals surface area contributed by atoms with Gasteiger partial charge in [0.15, 0.2) is 11.2 Å². The number of pyridine rings is 2. The third-order valence-electron chi connectivity index (χ3n) is 2.03. The van der Waals surface area contributed by atoms with E-state index in [0.717, 1.165) is 22.1 Å². The Morgan fingerprint density at radius 2 is 2.08 bits per heavy atom. The van der Waals surface area contributed by atoms with Gasteiger partial charge in [-0.25, -0.2) is 0 Å². The smallest absolute Gasteiger partial charge is 0.155 e. The van der Waals surface area contributed by atoms with E-state index in [1.807, 2.05) is 18.2 Å². The van der Waals surface area contributed by atoms with E-state index in [-0.39, 0.29) is 0 Å². The number of hydrogen-bond acceptors (Lipinski definition) is 3. The minimum Gasteiger partial charge on any atom is -0.453 e. The van der Waals surface area contributed by atoms with Gasteiger partial charge >= 0.3 is 0 Å². The van der Waals surface area contributed by atoms with Crippen LogP contribution in [0.4, 0.5) is 0 Å². The molecular weight excluding hydrogens is 164 g/mol. The fourth-order valence-electron chi connectivity index (χ4n) is 1.45. The first-order valence-electron chi connectivity index (χ1n) is 4.02. The van der Waals surface area contributed by atoms with Crippen molar-refractivity contribution in [1.29, 1.82) is 0 Å². The van der Waals surface area contributed by atoms with E-state index in [0.29, 0.717) is 0 Å². The largest absolute Gasteiger partial charge is 0.453 e. The highest BCUT2D eigenvalue weighted by Crippen LogP contribution is 2.24. The molecular formula is C10H6N2O. The number of fused-ring (bicyclic) bond motifs is 3. The summed E-state index contributed by atoms with van der Waals surface area (Å²) in [6.07, 6.45) is 5.21. The lowest BCUT2D eigenvalue weighted by atomic mass is 10.3. The molecule has 62 valence electrons. The first-order chi connectivity index (χ1) is 6.45. The van der Waals surface area contributed by atoms with E-state index in [9.17, 15) is 0 Å². The Bertz CT molecular complexity index is 521. The average Bonchev–Trinajstić information content (AvgIpc) is 2.56. The molecule has 0 N–H and O–H groups in total. The summed E-state index contributed by atoms with van der Waals surface area (Å²) in [4.78, 5) is 8.23. The molecule has 0 saturated carbocycles. The number of nitrogens with zero attached hydrogens (tertiary/aromatic N) is 2. The van der Waals surface area contributed by atoms with Crippen LogP contribution in [-0.4, -0.2) is 9.97 Å². The zero-order valence-electron chi connectivity index (χ0n) is 6.77. The van der Waals surface area contributed by atoms with E-state index in [2.05, 4.69) is 9.97 Å². The van der Waals surface area contributed by atoms with E-state index in [1.54, 1.807) is 18.6 Å². The van der Waals surface area contributed by atoms with Crippen LogP contribution in [0, 0.1) is 0 Å². The predicted molar refractivity (Wildman–Crippen MR) is 49.3 cm³/mol. The summed E-state index contributed by atoms with van der Waals surface area (Å²) in [6.45, 7) is 0. The van der Waals surface area contributed by atoms with Gasteiger partial charge < -0.3 is 4.42 Å². The molecule has 3 aromatic heterocycles. The SMILES string of the molecule is c1cnc2c(c1)oc1cnccc12. The van der Waals surface area contributed by atoms with Crippen molar-refractivity contribution in [2.24, 2.45) is 0 Å². The summed E-state index contributed by atoms with van der Waals surface area (Å²) in [6, 6.07) is 5.68. The maximum Gasteiger partial charge on any atom is 0.155 e. The Hall–Kier alpha value is -1.90. The third-order valence-corrected chi connectivity index (χ3v) is 2.03. The van der Waals surface area contributed by atoms with Crippen LogP contribution in [0.2, 0.25) is 0 Å².